The molecule has 0 bridgehead atoms. The van der Waals surface area contributed by atoms with Gasteiger partial charge in [-0.1, -0.05) is 62.7 Å². The monoisotopic (exact) mass is 783 g/mol. The van der Waals surface area contributed by atoms with Crippen LogP contribution in [0, 0.1) is 11.3 Å². The molecule has 54 heavy (non-hydrogen) atoms. The minimum Gasteiger partial charge on any atom is -0.447 e. The number of halogens is 8. The van der Waals surface area contributed by atoms with Gasteiger partial charge in [-0.3, -0.25) is 9.69 Å². The highest BCUT2D eigenvalue weighted by atomic mass is 35.5. The molecular weight excluding hydrogens is 751 g/mol. The summed E-state index contributed by atoms with van der Waals surface area (Å²) in [6, 6.07) is 7.96. The van der Waals surface area contributed by atoms with E-state index in [1.807, 2.05) is 20.8 Å². The standard InChI is InChI=1S/C34H33ClF7N9O3/c1-32(2,3)15-33(20-7-4-17(5-8-20)19-12-45-49(13-19)29(38)39)28(52)50(30(43)48-33)25(14-54-31(53)47-23-11-21(23)34(40,41)42)18-6-9-22(35)24(10-18)51-27(26(36)37)44-16-46-51/h4-10,12-13,16,21,23,25-26,29H,11,14-15H2,1-3H3,(H2,43,48)(H,47,53)/t21?,23-,25-,33-/m1/s1. The lowest BCUT2D eigenvalue weighted by Crippen LogP contribution is -2.47. The highest BCUT2D eigenvalue weighted by Gasteiger charge is 2.57. The molecule has 3 heterocycles. The number of nitrogens with zero attached hydrogens (tertiary/aromatic N) is 7. The average molecular weight is 784 g/mol. The van der Waals surface area contributed by atoms with Gasteiger partial charge in [-0.25, -0.2) is 32.9 Å². The third kappa shape index (κ3) is 7.72. The van der Waals surface area contributed by atoms with Gasteiger partial charge in [-0.05, 0) is 47.1 Å². The number of ether oxygens (including phenoxy) is 1. The Labute approximate surface area is 308 Å². The number of guanidine groups is 1. The van der Waals surface area contributed by atoms with Crippen LogP contribution in [0.4, 0.5) is 35.5 Å². The predicted molar refractivity (Wildman–Crippen MR) is 180 cm³/mol. The molecule has 20 heteroatoms. The fraction of sp³-hybridized carbons (Fsp3) is 0.412. The summed E-state index contributed by atoms with van der Waals surface area (Å²) in [7, 11) is 0. The van der Waals surface area contributed by atoms with E-state index in [-0.39, 0.29) is 35.1 Å². The highest BCUT2D eigenvalue weighted by Crippen LogP contribution is 2.46. The first-order valence-electron chi connectivity index (χ1n) is 16.4. The number of aliphatic imine (C=N–C) groups is 1. The van der Waals surface area contributed by atoms with Crippen LogP contribution < -0.4 is 11.1 Å². The van der Waals surface area contributed by atoms with Crippen molar-refractivity contribution in [2.45, 2.75) is 70.4 Å². The van der Waals surface area contributed by atoms with Crippen LogP contribution >= 0.6 is 11.6 Å². The van der Waals surface area contributed by atoms with Crippen LogP contribution in [0.5, 0.6) is 0 Å². The van der Waals surface area contributed by atoms with E-state index >= 15 is 0 Å². The number of rotatable bonds is 11. The number of aromatic nitrogens is 5. The Hall–Kier alpha value is -5.20. The summed E-state index contributed by atoms with van der Waals surface area (Å²) in [6.45, 7) is 2.08. The molecule has 1 aliphatic carbocycles. The van der Waals surface area contributed by atoms with E-state index < -0.39 is 72.5 Å². The number of carbonyl (C=O) groups is 2. The summed E-state index contributed by atoms with van der Waals surface area (Å²) in [4.78, 5) is 37.0. The van der Waals surface area contributed by atoms with Crippen LogP contribution in [0.25, 0.3) is 16.8 Å². The minimum absolute atomic E-state index is 0.0360. The lowest BCUT2D eigenvalue weighted by molar-refractivity contribution is -0.149. The quantitative estimate of drug-likeness (QED) is 0.152. The number of nitrogens with one attached hydrogen (secondary N) is 1. The van der Waals surface area contributed by atoms with E-state index in [0.29, 0.717) is 21.4 Å². The van der Waals surface area contributed by atoms with Gasteiger partial charge in [0, 0.05) is 17.8 Å². The molecule has 0 spiro atoms. The number of carbonyl (C=O) groups excluding carboxylic acids is 2. The molecule has 1 aliphatic heterocycles. The SMILES string of the molecule is CC(C)(C)C[C@]1(c2ccc(-c3cnn(C(F)F)c3)cc2)N=C(N)N([C@H](COC(=O)N[C@@H]2CC2C(F)(F)F)c2ccc(Cl)c(-n3ncnc3C(F)F)c2)C1=O. The summed E-state index contributed by atoms with van der Waals surface area (Å²) in [5, 5.41) is 9.66. The molecule has 0 radical (unpaired) electrons. The molecular formula is C34H33ClF7N9O3. The predicted octanol–water partition coefficient (Wildman–Crippen LogP) is 7.32. The Morgan fingerprint density at radius 3 is 2.37 bits per heavy atom. The van der Waals surface area contributed by atoms with E-state index in [4.69, 9.17) is 22.1 Å². The second-order valence-corrected chi connectivity index (χ2v) is 14.5. The van der Waals surface area contributed by atoms with Crippen LogP contribution in [0.1, 0.15) is 69.6 Å². The maximum Gasteiger partial charge on any atom is 0.407 e. The normalized spacial score (nSPS) is 20.8. The van der Waals surface area contributed by atoms with Crippen LogP contribution in [0.15, 0.2) is 66.2 Å². The Bertz CT molecular complexity index is 2060. The zero-order valence-electron chi connectivity index (χ0n) is 28.7. The summed E-state index contributed by atoms with van der Waals surface area (Å²) in [5.74, 6) is -3.46. The molecule has 12 nitrogen and oxygen atoms in total. The largest absolute Gasteiger partial charge is 0.447 e. The van der Waals surface area contributed by atoms with Crippen molar-refractivity contribution in [3.8, 4) is 16.8 Å². The van der Waals surface area contributed by atoms with Crippen molar-refractivity contribution >= 4 is 29.6 Å². The van der Waals surface area contributed by atoms with Gasteiger partial charge < -0.3 is 15.8 Å². The van der Waals surface area contributed by atoms with Crippen molar-refractivity contribution in [1.82, 2.24) is 34.8 Å². The van der Waals surface area contributed by atoms with Gasteiger partial charge in [0.2, 0.25) is 0 Å². The van der Waals surface area contributed by atoms with Crippen LogP contribution in [0.2, 0.25) is 5.02 Å². The first kappa shape index (κ1) is 38.5. The van der Waals surface area contributed by atoms with E-state index in [1.165, 1.54) is 30.6 Å². The first-order valence-corrected chi connectivity index (χ1v) is 16.8. The number of nitrogens with two attached hydrogens (primary N) is 1. The van der Waals surface area contributed by atoms with E-state index in [1.54, 1.807) is 24.3 Å². The lowest BCUT2D eigenvalue weighted by atomic mass is 9.75. The Morgan fingerprint density at radius 1 is 1.07 bits per heavy atom. The molecule has 6 rings (SSSR count). The Balaban J connectivity index is 1.38. The second kappa shape index (κ2) is 14.2. The molecule has 0 saturated heterocycles. The second-order valence-electron chi connectivity index (χ2n) is 14.1. The summed E-state index contributed by atoms with van der Waals surface area (Å²) in [6.07, 6.45) is -5.68. The molecule has 4 atom stereocenters. The van der Waals surface area contributed by atoms with Crippen molar-refractivity contribution in [3.63, 3.8) is 0 Å². The van der Waals surface area contributed by atoms with Crippen LogP contribution in [-0.4, -0.2) is 66.2 Å². The molecule has 2 aromatic carbocycles. The van der Waals surface area contributed by atoms with E-state index in [2.05, 4.69) is 25.5 Å². The fourth-order valence-electron chi connectivity index (χ4n) is 6.47. The van der Waals surface area contributed by atoms with Crippen molar-refractivity contribution < 1.29 is 45.1 Å². The van der Waals surface area contributed by atoms with Crippen molar-refractivity contribution in [3.05, 3.63) is 83.2 Å². The molecule has 2 aromatic heterocycles. The smallest absolute Gasteiger partial charge is 0.407 e. The van der Waals surface area contributed by atoms with Gasteiger partial charge in [0.1, 0.15) is 12.9 Å². The molecule has 288 valence electrons. The number of amides is 2. The third-order valence-electron chi connectivity index (χ3n) is 8.96. The average Bonchev–Trinajstić information content (AvgIpc) is 3.40. The van der Waals surface area contributed by atoms with Gasteiger partial charge in [-0.15, -0.1) is 0 Å². The molecule has 4 aromatic rings. The molecule has 1 unspecified atom stereocenters. The van der Waals surface area contributed by atoms with Crippen LogP contribution in [-0.2, 0) is 15.1 Å². The first-order chi connectivity index (χ1) is 25.3. The van der Waals surface area contributed by atoms with Gasteiger partial charge in [0.05, 0.1) is 28.9 Å². The molecule has 1 saturated carbocycles. The zero-order chi connectivity index (χ0) is 39.3. The summed E-state index contributed by atoms with van der Waals surface area (Å²) < 4.78 is 100. The lowest BCUT2D eigenvalue weighted by Gasteiger charge is -2.35. The topological polar surface area (TPSA) is 146 Å². The van der Waals surface area contributed by atoms with Gasteiger partial charge in [-0.2, -0.15) is 32.1 Å². The van der Waals surface area contributed by atoms with Gasteiger partial charge in [0.25, 0.3) is 12.3 Å². The third-order valence-corrected chi connectivity index (χ3v) is 9.28. The minimum atomic E-state index is -4.52. The van der Waals surface area contributed by atoms with Crippen molar-refractivity contribution in [2.24, 2.45) is 22.1 Å². The van der Waals surface area contributed by atoms with Gasteiger partial charge in [0.15, 0.2) is 17.3 Å². The maximum atomic E-state index is 14.9. The van der Waals surface area contributed by atoms with Crippen molar-refractivity contribution in [2.75, 3.05) is 6.61 Å². The molecule has 2 aliphatic rings. The zero-order valence-corrected chi connectivity index (χ0v) is 29.5. The number of hydrogen-bond acceptors (Lipinski definition) is 8. The maximum absolute atomic E-state index is 14.9. The number of benzene rings is 2. The fourth-order valence-corrected chi connectivity index (χ4v) is 6.67. The highest BCUT2D eigenvalue weighted by molar-refractivity contribution is 6.32. The Kier molecular flexibility index (Phi) is 10.1. The number of hydrogen-bond donors (Lipinski definition) is 2. The van der Waals surface area contributed by atoms with Gasteiger partial charge >= 0.3 is 18.8 Å². The summed E-state index contributed by atoms with van der Waals surface area (Å²) >= 11 is 6.41. The molecule has 3 N–H and O–H groups in total. The number of alkyl carbamates (subject to hydrolysis) is 1. The van der Waals surface area contributed by atoms with Crippen LogP contribution in [0.3, 0.4) is 0 Å². The Morgan fingerprint density at radius 2 is 1.78 bits per heavy atom. The van der Waals surface area contributed by atoms with E-state index in [0.717, 1.165) is 15.9 Å². The van der Waals surface area contributed by atoms with Crippen molar-refractivity contribution in [1.29, 1.82) is 0 Å². The summed E-state index contributed by atoms with van der Waals surface area (Å²) in [5.41, 5.74) is 5.64. The molecule has 2 amide bonds. The molecule has 1 fully saturated rings. The number of alkyl halides is 7. The van der Waals surface area contributed by atoms with E-state index in [9.17, 15) is 40.3 Å².